The maximum absolute atomic E-state index is 11.2. The summed E-state index contributed by atoms with van der Waals surface area (Å²) >= 11 is 0. The Hall–Kier alpha value is -1.58. The highest BCUT2D eigenvalue weighted by Crippen LogP contribution is 2.11. The Kier molecular flexibility index (Phi) is 4.60. The largest absolute Gasteiger partial charge is 0.492 e. The first-order valence-electron chi connectivity index (χ1n) is 4.98. The zero-order valence-electron chi connectivity index (χ0n) is 9.03. The highest BCUT2D eigenvalue weighted by atomic mass is 16.5. The van der Waals surface area contributed by atoms with Crippen LogP contribution in [0.4, 0.5) is 0 Å². The number of esters is 1. The molecule has 0 fully saturated rings. The molecular formula is C11H15NO3. The minimum atomic E-state index is -0.243. The predicted octanol–water partition coefficient (Wildman–Crippen LogP) is 1.59. The van der Waals surface area contributed by atoms with Gasteiger partial charge in [0.15, 0.2) is 0 Å². The molecule has 0 bridgehead atoms. The minimum absolute atomic E-state index is 0.238. The monoisotopic (exact) mass is 209 g/mol. The van der Waals surface area contributed by atoms with E-state index in [1.807, 2.05) is 6.92 Å². The summed E-state index contributed by atoms with van der Waals surface area (Å²) < 4.78 is 10.1. The molecule has 1 heterocycles. The van der Waals surface area contributed by atoms with Crippen LogP contribution in [0.5, 0.6) is 5.75 Å². The minimum Gasteiger partial charge on any atom is -0.492 e. The van der Waals surface area contributed by atoms with Crippen molar-refractivity contribution in [3.05, 3.63) is 24.0 Å². The first kappa shape index (κ1) is 11.5. The normalized spacial score (nSPS) is 9.73. The number of carbonyl (C=O) groups is 1. The number of carbonyl (C=O) groups excluding carboxylic acids is 1. The van der Waals surface area contributed by atoms with Crippen LogP contribution in [0, 0.1) is 0 Å². The van der Waals surface area contributed by atoms with Gasteiger partial charge in [-0.2, -0.15) is 0 Å². The van der Waals surface area contributed by atoms with Crippen LogP contribution >= 0.6 is 0 Å². The summed E-state index contributed by atoms with van der Waals surface area (Å²) in [7, 11) is 0. The molecule has 0 radical (unpaired) electrons. The number of hydrogen-bond acceptors (Lipinski definition) is 4. The van der Waals surface area contributed by atoms with E-state index >= 15 is 0 Å². The number of ether oxygens (including phenoxy) is 2. The van der Waals surface area contributed by atoms with Crippen LogP contribution in [0.1, 0.15) is 19.4 Å². The lowest BCUT2D eigenvalue weighted by Crippen LogP contribution is -2.07. The van der Waals surface area contributed by atoms with Gasteiger partial charge in [-0.3, -0.25) is 9.78 Å². The number of hydrogen-bond donors (Lipinski definition) is 0. The average Bonchev–Trinajstić information content (AvgIpc) is 2.19. The third-order valence-corrected chi connectivity index (χ3v) is 1.73. The Balaban J connectivity index is 2.60. The lowest BCUT2D eigenvalue weighted by atomic mass is 10.2. The Labute approximate surface area is 89.2 Å². The van der Waals surface area contributed by atoms with E-state index in [1.165, 1.54) is 0 Å². The van der Waals surface area contributed by atoms with Crippen molar-refractivity contribution in [1.82, 2.24) is 4.98 Å². The van der Waals surface area contributed by atoms with E-state index in [0.29, 0.717) is 19.0 Å². The fraction of sp³-hybridized carbons (Fsp3) is 0.455. The number of rotatable bonds is 5. The summed E-state index contributed by atoms with van der Waals surface area (Å²) in [5.41, 5.74) is 0.805. The maximum Gasteiger partial charge on any atom is 0.310 e. The van der Waals surface area contributed by atoms with Crippen LogP contribution in [0.3, 0.4) is 0 Å². The molecule has 0 aromatic carbocycles. The molecule has 0 saturated heterocycles. The van der Waals surface area contributed by atoms with Gasteiger partial charge in [-0.1, -0.05) is 0 Å². The molecule has 4 nitrogen and oxygen atoms in total. The van der Waals surface area contributed by atoms with Crippen molar-refractivity contribution in [3.8, 4) is 5.75 Å². The van der Waals surface area contributed by atoms with Crippen molar-refractivity contribution in [2.45, 2.75) is 20.3 Å². The van der Waals surface area contributed by atoms with Crippen molar-refractivity contribution in [2.75, 3.05) is 13.2 Å². The van der Waals surface area contributed by atoms with Gasteiger partial charge in [-0.25, -0.2) is 0 Å². The molecule has 1 aromatic rings. The van der Waals surface area contributed by atoms with Crippen LogP contribution in [0.2, 0.25) is 0 Å². The standard InChI is InChI=1S/C11H15NO3/c1-3-14-10-5-9(7-12-8-10)6-11(13)15-4-2/h5,7-8H,3-4,6H2,1-2H3. The molecule has 1 rings (SSSR count). The zero-order valence-corrected chi connectivity index (χ0v) is 9.03. The molecule has 0 aliphatic rings. The number of pyridine rings is 1. The molecule has 0 aliphatic heterocycles. The molecule has 0 aliphatic carbocycles. The first-order chi connectivity index (χ1) is 7.26. The summed E-state index contributed by atoms with van der Waals surface area (Å²) in [5, 5.41) is 0. The third-order valence-electron chi connectivity index (χ3n) is 1.73. The van der Waals surface area contributed by atoms with E-state index in [2.05, 4.69) is 4.98 Å². The summed E-state index contributed by atoms with van der Waals surface area (Å²) in [6, 6.07) is 1.80. The van der Waals surface area contributed by atoms with Crippen LogP contribution in [-0.4, -0.2) is 24.2 Å². The second-order valence-electron chi connectivity index (χ2n) is 2.94. The SMILES string of the molecule is CCOC(=O)Cc1cncc(OCC)c1. The van der Waals surface area contributed by atoms with Gasteiger partial charge in [0.25, 0.3) is 0 Å². The van der Waals surface area contributed by atoms with Gasteiger partial charge in [0.05, 0.1) is 25.8 Å². The molecule has 0 unspecified atom stereocenters. The molecule has 1 aromatic heterocycles. The molecule has 4 heteroatoms. The van der Waals surface area contributed by atoms with E-state index in [9.17, 15) is 4.79 Å². The predicted molar refractivity (Wildman–Crippen MR) is 55.7 cm³/mol. The van der Waals surface area contributed by atoms with Gasteiger partial charge >= 0.3 is 5.97 Å². The summed E-state index contributed by atoms with van der Waals surface area (Å²) in [4.78, 5) is 15.2. The summed E-state index contributed by atoms with van der Waals surface area (Å²) in [6.07, 6.45) is 3.50. The van der Waals surface area contributed by atoms with Crippen molar-refractivity contribution < 1.29 is 14.3 Å². The van der Waals surface area contributed by atoms with Crippen molar-refractivity contribution in [1.29, 1.82) is 0 Å². The maximum atomic E-state index is 11.2. The lowest BCUT2D eigenvalue weighted by Gasteiger charge is -2.05. The van der Waals surface area contributed by atoms with E-state index in [4.69, 9.17) is 9.47 Å². The second kappa shape index (κ2) is 6.01. The van der Waals surface area contributed by atoms with Gasteiger partial charge in [-0.15, -0.1) is 0 Å². The molecule has 15 heavy (non-hydrogen) atoms. The Morgan fingerprint density at radius 3 is 2.80 bits per heavy atom. The third kappa shape index (κ3) is 3.97. The van der Waals surface area contributed by atoms with E-state index < -0.39 is 0 Å². The van der Waals surface area contributed by atoms with Crippen molar-refractivity contribution >= 4 is 5.97 Å². The topological polar surface area (TPSA) is 48.4 Å². The van der Waals surface area contributed by atoms with Gasteiger partial charge in [0.1, 0.15) is 5.75 Å². The van der Waals surface area contributed by atoms with Gasteiger partial charge in [-0.05, 0) is 25.5 Å². The highest BCUT2D eigenvalue weighted by Gasteiger charge is 2.05. The summed E-state index contributed by atoms with van der Waals surface area (Å²) in [6.45, 7) is 4.67. The van der Waals surface area contributed by atoms with Gasteiger partial charge < -0.3 is 9.47 Å². The summed E-state index contributed by atoms with van der Waals surface area (Å²) in [5.74, 6) is 0.437. The molecule has 0 amide bonds. The molecule has 0 saturated carbocycles. The van der Waals surface area contributed by atoms with E-state index in [1.54, 1.807) is 25.4 Å². The van der Waals surface area contributed by atoms with Gasteiger partial charge in [0.2, 0.25) is 0 Å². The number of nitrogens with zero attached hydrogens (tertiary/aromatic N) is 1. The van der Waals surface area contributed by atoms with Crippen LogP contribution in [-0.2, 0) is 16.0 Å². The van der Waals surface area contributed by atoms with Crippen LogP contribution in [0.15, 0.2) is 18.5 Å². The molecule has 0 atom stereocenters. The molecule has 0 spiro atoms. The second-order valence-corrected chi connectivity index (χ2v) is 2.94. The van der Waals surface area contributed by atoms with Crippen LogP contribution < -0.4 is 4.74 Å². The zero-order chi connectivity index (χ0) is 11.1. The quantitative estimate of drug-likeness (QED) is 0.691. The smallest absolute Gasteiger partial charge is 0.310 e. The first-order valence-corrected chi connectivity index (χ1v) is 4.98. The van der Waals surface area contributed by atoms with Crippen LogP contribution in [0.25, 0.3) is 0 Å². The fourth-order valence-electron chi connectivity index (χ4n) is 1.18. The average molecular weight is 209 g/mol. The van der Waals surface area contributed by atoms with Crippen molar-refractivity contribution in [2.24, 2.45) is 0 Å². The Bertz CT molecular complexity index is 325. The Morgan fingerprint density at radius 2 is 2.13 bits per heavy atom. The van der Waals surface area contributed by atoms with E-state index in [0.717, 1.165) is 5.56 Å². The lowest BCUT2D eigenvalue weighted by molar-refractivity contribution is -0.142. The number of aromatic nitrogens is 1. The van der Waals surface area contributed by atoms with Gasteiger partial charge in [0, 0.05) is 6.20 Å². The molecule has 0 N–H and O–H groups in total. The molecular weight excluding hydrogens is 194 g/mol. The highest BCUT2D eigenvalue weighted by molar-refractivity contribution is 5.72. The van der Waals surface area contributed by atoms with E-state index in [-0.39, 0.29) is 12.4 Å². The Morgan fingerprint density at radius 1 is 1.33 bits per heavy atom. The van der Waals surface area contributed by atoms with Crippen molar-refractivity contribution in [3.63, 3.8) is 0 Å². The fourth-order valence-corrected chi connectivity index (χ4v) is 1.18. The molecule has 82 valence electrons.